The fraction of sp³-hybridized carbons (Fsp3) is 0.200. The molecule has 0 amide bonds. The zero-order valence-electron chi connectivity index (χ0n) is 17.3. The maximum Gasteiger partial charge on any atom is 0.191 e. The fourth-order valence-corrected chi connectivity index (χ4v) is 4.39. The highest BCUT2D eigenvalue weighted by Gasteiger charge is 2.32. The van der Waals surface area contributed by atoms with Crippen LogP contribution in [0.3, 0.4) is 0 Å². The van der Waals surface area contributed by atoms with E-state index < -0.39 is 0 Å². The molecule has 31 heavy (non-hydrogen) atoms. The summed E-state index contributed by atoms with van der Waals surface area (Å²) in [5.74, 6) is -0.148. The summed E-state index contributed by atoms with van der Waals surface area (Å²) in [6, 6.07) is 21.3. The first-order valence-electron chi connectivity index (χ1n) is 10.4. The van der Waals surface area contributed by atoms with Crippen molar-refractivity contribution in [3.63, 3.8) is 0 Å². The molecule has 2 N–H and O–H groups in total. The summed E-state index contributed by atoms with van der Waals surface area (Å²) in [6.45, 7) is 2.05. The summed E-state index contributed by atoms with van der Waals surface area (Å²) in [5.41, 5.74) is 5.10. The van der Waals surface area contributed by atoms with E-state index in [1.165, 1.54) is 0 Å². The van der Waals surface area contributed by atoms with E-state index in [1.54, 1.807) is 6.07 Å². The summed E-state index contributed by atoms with van der Waals surface area (Å²) >= 11 is 0. The molecule has 0 fully saturated rings. The van der Waals surface area contributed by atoms with Crippen LogP contribution in [0.5, 0.6) is 0 Å². The van der Waals surface area contributed by atoms with Crippen molar-refractivity contribution in [3.05, 3.63) is 83.8 Å². The van der Waals surface area contributed by atoms with Crippen LogP contribution in [0.4, 0.5) is 15.8 Å². The molecule has 0 aliphatic carbocycles. The van der Waals surface area contributed by atoms with Gasteiger partial charge in [-0.05, 0) is 35.7 Å². The number of anilines is 1. The molecule has 0 saturated heterocycles. The number of aromatic nitrogens is 2. The van der Waals surface area contributed by atoms with Crippen molar-refractivity contribution in [1.82, 2.24) is 14.7 Å². The van der Waals surface area contributed by atoms with Crippen molar-refractivity contribution < 1.29 is 9.50 Å². The van der Waals surface area contributed by atoms with E-state index >= 15 is 4.39 Å². The molecule has 156 valence electrons. The number of fused-ring (bicyclic) bond motifs is 2. The molecule has 1 unspecified atom stereocenters. The van der Waals surface area contributed by atoms with E-state index in [-0.39, 0.29) is 12.4 Å². The van der Waals surface area contributed by atoms with Gasteiger partial charge in [-0.2, -0.15) is 14.6 Å². The summed E-state index contributed by atoms with van der Waals surface area (Å²) in [4.78, 5) is 0. The van der Waals surface area contributed by atoms with E-state index in [4.69, 9.17) is 0 Å². The van der Waals surface area contributed by atoms with Gasteiger partial charge in [-0.25, -0.2) is 0 Å². The van der Waals surface area contributed by atoms with Gasteiger partial charge in [0.25, 0.3) is 0 Å². The molecule has 0 bridgehead atoms. The van der Waals surface area contributed by atoms with Gasteiger partial charge in [0, 0.05) is 28.3 Å². The van der Waals surface area contributed by atoms with Crippen LogP contribution in [0.2, 0.25) is 0 Å². The first-order chi connectivity index (χ1) is 15.1. The van der Waals surface area contributed by atoms with Crippen molar-refractivity contribution in [2.75, 3.05) is 25.5 Å². The first kappa shape index (κ1) is 19.6. The van der Waals surface area contributed by atoms with Gasteiger partial charge in [0.1, 0.15) is 13.1 Å². The van der Waals surface area contributed by atoms with Crippen LogP contribution in [0.15, 0.2) is 66.7 Å². The number of benzene rings is 3. The average Bonchev–Trinajstić information content (AvgIpc) is 2.97. The molecule has 5 rings (SSSR count). The van der Waals surface area contributed by atoms with E-state index in [9.17, 15) is 5.11 Å². The van der Waals surface area contributed by atoms with Gasteiger partial charge in [0.15, 0.2) is 11.5 Å². The van der Waals surface area contributed by atoms with E-state index in [0.29, 0.717) is 27.8 Å². The normalized spacial score (nSPS) is 18.3. The number of hydrogen-bond acceptors (Lipinski definition) is 4. The number of halogens is 1. The van der Waals surface area contributed by atoms with Gasteiger partial charge in [-0.3, -0.25) is 4.48 Å². The van der Waals surface area contributed by atoms with Crippen LogP contribution in [0, 0.1) is 5.82 Å². The molecule has 0 radical (unpaired) electrons. The number of aliphatic hydroxyl groups is 1. The Bertz CT molecular complexity index is 1260. The van der Waals surface area contributed by atoms with E-state index in [2.05, 4.69) is 34.7 Å². The standard InChI is InChI=1S/C25H24FN4O/c1-30(24-11-7-17-4-2-3-5-21(17)25(24)26)13-12-27-22-9-6-18(14-19(22)15-30)23-10-8-20(16-31)28-29-23/h2-11,14,27,31H,12-13,15-16H2,1H3/q+1. The minimum atomic E-state index is -0.148. The Morgan fingerprint density at radius 3 is 2.71 bits per heavy atom. The molecule has 0 spiro atoms. The maximum absolute atomic E-state index is 15.5. The van der Waals surface area contributed by atoms with Crippen molar-refractivity contribution in [1.29, 1.82) is 0 Å². The van der Waals surface area contributed by atoms with Gasteiger partial charge < -0.3 is 10.4 Å². The molecule has 1 aliphatic rings. The highest BCUT2D eigenvalue weighted by atomic mass is 19.1. The number of quaternary nitrogens is 1. The minimum Gasteiger partial charge on any atom is -0.390 e. The predicted octanol–water partition coefficient (Wildman–Crippen LogP) is 4.49. The second-order valence-corrected chi connectivity index (χ2v) is 8.26. The summed E-state index contributed by atoms with van der Waals surface area (Å²) in [6.07, 6.45) is 0. The Morgan fingerprint density at radius 1 is 1.03 bits per heavy atom. The summed E-state index contributed by atoms with van der Waals surface area (Å²) in [5, 5.41) is 22.6. The molecule has 5 nitrogen and oxygen atoms in total. The number of likely N-dealkylation sites (N-methyl/N-ethyl adjacent to an activating group) is 1. The van der Waals surface area contributed by atoms with Crippen LogP contribution in [-0.4, -0.2) is 35.4 Å². The number of hydrogen-bond donors (Lipinski definition) is 2. The largest absolute Gasteiger partial charge is 0.390 e. The van der Waals surface area contributed by atoms with Gasteiger partial charge in [-0.1, -0.05) is 30.3 Å². The molecule has 2 heterocycles. The third-order valence-corrected chi connectivity index (χ3v) is 6.15. The Morgan fingerprint density at radius 2 is 1.90 bits per heavy atom. The second-order valence-electron chi connectivity index (χ2n) is 8.26. The van der Waals surface area contributed by atoms with Crippen molar-refractivity contribution in [2.45, 2.75) is 13.2 Å². The quantitative estimate of drug-likeness (QED) is 0.484. The van der Waals surface area contributed by atoms with Gasteiger partial charge >= 0.3 is 0 Å². The number of nitrogens with one attached hydrogen (secondary N) is 1. The Kier molecular flexibility index (Phi) is 4.88. The minimum absolute atomic E-state index is 0.130. The average molecular weight is 415 g/mol. The molecule has 1 aromatic heterocycles. The Balaban J connectivity index is 1.55. The Hall–Kier alpha value is -3.35. The lowest BCUT2D eigenvalue weighted by atomic mass is 10.0. The molecule has 0 saturated carbocycles. The predicted molar refractivity (Wildman–Crippen MR) is 122 cm³/mol. The lowest BCUT2D eigenvalue weighted by molar-refractivity contribution is 0.275. The molecular formula is C25H24FN4O+. The van der Waals surface area contributed by atoms with Gasteiger partial charge in [-0.15, -0.1) is 0 Å². The highest BCUT2D eigenvalue weighted by Crippen LogP contribution is 2.36. The number of aliphatic hydroxyl groups excluding tert-OH is 1. The van der Waals surface area contributed by atoms with Gasteiger partial charge in [0.2, 0.25) is 0 Å². The third-order valence-electron chi connectivity index (χ3n) is 6.15. The topological polar surface area (TPSA) is 58.0 Å². The smallest absolute Gasteiger partial charge is 0.191 e. The second kappa shape index (κ2) is 7.72. The third kappa shape index (κ3) is 3.54. The van der Waals surface area contributed by atoms with Crippen molar-refractivity contribution in [3.8, 4) is 11.3 Å². The van der Waals surface area contributed by atoms with Crippen LogP contribution >= 0.6 is 0 Å². The zero-order chi connectivity index (χ0) is 21.4. The highest BCUT2D eigenvalue weighted by molar-refractivity contribution is 5.86. The summed E-state index contributed by atoms with van der Waals surface area (Å²) in [7, 11) is 2.09. The van der Waals surface area contributed by atoms with Crippen molar-refractivity contribution >= 4 is 22.1 Å². The lowest BCUT2D eigenvalue weighted by Crippen LogP contribution is -2.46. The molecule has 1 aliphatic heterocycles. The van der Waals surface area contributed by atoms with Crippen LogP contribution < -0.4 is 9.80 Å². The zero-order valence-corrected chi connectivity index (χ0v) is 17.3. The monoisotopic (exact) mass is 415 g/mol. The van der Waals surface area contributed by atoms with Crippen LogP contribution in [0.1, 0.15) is 11.3 Å². The van der Waals surface area contributed by atoms with Crippen LogP contribution in [0.25, 0.3) is 22.0 Å². The van der Waals surface area contributed by atoms with E-state index in [1.807, 2.05) is 48.5 Å². The molecule has 6 heteroatoms. The SMILES string of the molecule is C[N+]1(c2ccc3ccccc3c2F)CCNc2ccc(-c3ccc(CO)nn3)cc2C1. The van der Waals surface area contributed by atoms with E-state index in [0.717, 1.165) is 41.0 Å². The fourth-order valence-electron chi connectivity index (χ4n) is 4.39. The Labute approximate surface area is 180 Å². The number of nitrogens with zero attached hydrogens (tertiary/aromatic N) is 3. The van der Waals surface area contributed by atoms with Crippen LogP contribution in [-0.2, 0) is 13.2 Å². The summed E-state index contributed by atoms with van der Waals surface area (Å²) < 4.78 is 16.0. The molecular weight excluding hydrogens is 391 g/mol. The molecule has 1 atom stereocenters. The maximum atomic E-state index is 15.5. The first-order valence-corrected chi connectivity index (χ1v) is 10.4. The molecule has 3 aromatic carbocycles. The lowest BCUT2D eigenvalue weighted by Gasteiger charge is -2.33. The number of rotatable bonds is 3. The van der Waals surface area contributed by atoms with Crippen molar-refractivity contribution in [2.24, 2.45) is 0 Å². The molecule has 4 aromatic rings. The van der Waals surface area contributed by atoms with Gasteiger partial charge in [0.05, 0.1) is 31.6 Å².